The number of carbonyl (C=O) groups excluding carboxylic acids is 1. The molecular weight excluding hydrogens is 259 g/mol. The van der Waals surface area contributed by atoms with Crippen molar-refractivity contribution >= 4 is 13.8 Å². The lowest BCUT2D eigenvalue weighted by Gasteiger charge is -2.13. The van der Waals surface area contributed by atoms with Crippen molar-refractivity contribution < 1.29 is 28.4 Å². The standard InChI is InChI=1S/C11H13O6P/c1-3-11(12)16-8(2)9-4-6-10(7-5-9)17-18(13,14)15/h3-8H,1H2,2H3,(H2,13,14,15). The van der Waals surface area contributed by atoms with Crippen molar-refractivity contribution in [3.05, 3.63) is 42.5 Å². The molecule has 18 heavy (non-hydrogen) atoms. The summed E-state index contributed by atoms with van der Waals surface area (Å²) in [5.74, 6) is -0.507. The van der Waals surface area contributed by atoms with Crippen LogP contribution in [-0.4, -0.2) is 15.8 Å². The summed E-state index contributed by atoms with van der Waals surface area (Å²) < 4.78 is 20.0. The zero-order chi connectivity index (χ0) is 13.8. The predicted molar refractivity (Wildman–Crippen MR) is 63.8 cm³/mol. The number of phosphoric ester groups is 1. The molecule has 0 bridgehead atoms. The van der Waals surface area contributed by atoms with Gasteiger partial charge in [0.1, 0.15) is 11.9 Å². The van der Waals surface area contributed by atoms with Crippen LogP contribution in [0.3, 0.4) is 0 Å². The van der Waals surface area contributed by atoms with Gasteiger partial charge in [-0.05, 0) is 24.6 Å². The second kappa shape index (κ2) is 5.82. The fraction of sp³-hybridized carbons (Fsp3) is 0.182. The summed E-state index contributed by atoms with van der Waals surface area (Å²) in [5, 5.41) is 0. The minimum absolute atomic E-state index is 0.0364. The minimum Gasteiger partial charge on any atom is -0.455 e. The average molecular weight is 272 g/mol. The van der Waals surface area contributed by atoms with E-state index in [0.29, 0.717) is 5.56 Å². The number of ether oxygens (including phenoxy) is 1. The van der Waals surface area contributed by atoms with E-state index < -0.39 is 19.9 Å². The van der Waals surface area contributed by atoms with Gasteiger partial charge in [-0.2, -0.15) is 0 Å². The maximum atomic E-state index is 11.0. The van der Waals surface area contributed by atoms with Crippen LogP contribution in [0.15, 0.2) is 36.9 Å². The highest BCUT2D eigenvalue weighted by atomic mass is 31.2. The molecule has 98 valence electrons. The smallest absolute Gasteiger partial charge is 0.455 e. The molecule has 0 aliphatic carbocycles. The molecule has 0 amide bonds. The van der Waals surface area contributed by atoms with Crippen molar-refractivity contribution in [3.8, 4) is 5.75 Å². The lowest BCUT2D eigenvalue weighted by molar-refractivity contribution is -0.142. The van der Waals surface area contributed by atoms with Crippen LogP contribution in [0.5, 0.6) is 5.75 Å². The molecule has 0 fully saturated rings. The van der Waals surface area contributed by atoms with Crippen molar-refractivity contribution in [3.63, 3.8) is 0 Å². The molecule has 0 heterocycles. The molecule has 1 unspecified atom stereocenters. The SMILES string of the molecule is C=CC(=O)OC(C)c1ccc(OP(=O)(O)O)cc1. The average Bonchev–Trinajstić information content (AvgIpc) is 2.27. The molecule has 1 aromatic rings. The van der Waals surface area contributed by atoms with Crippen LogP contribution in [0.1, 0.15) is 18.6 Å². The minimum atomic E-state index is -4.55. The molecule has 0 saturated heterocycles. The van der Waals surface area contributed by atoms with E-state index >= 15 is 0 Å². The largest absolute Gasteiger partial charge is 0.524 e. The van der Waals surface area contributed by atoms with Crippen molar-refractivity contribution in [1.82, 2.24) is 0 Å². The van der Waals surface area contributed by atoms with Gasteiger partial charge in [-0.3, -0.25) is 9.79 Å². The first kappa shape index (κ1) is 14.4. The quantitative estimate of drug-likeness (QED) is 0.483. The number of hydrogen-bond donors (Lipinski definition) is 2. The molecule has 6 nitrogen and oxygen atoms in total. The second-order valence-corrected chi connectivity index (χ2v) is 4.60. The fourth-order valence-electron chi connectivity index (χ4n) is 1.23. The number of esters is 1. The molecule has 0 aliphatic heterocycles. The topological polar surface area (TPSA) is 93.1 Å². The summed E-state index contributed by atoms with van der Waals surface area (Å²) in [6.45, 7) is 4.95. The van der Waals surface area contributed by atoms with E-state index in [4.69, 9.17) is 14.5 Å². The summed E-state index contributed by atoms with van der Waals surface area (Å²) in [6, 6.07) is 5.86. The first-order chi connectivity index (χ1) is 8.31. The zero-order valence-corrected chi connectivity index (χ0v) is 10.5. The Morgan fingerprint density at radius 1 is 1.39 bits per heavy atom. The molecule has 0 aliphatic rings. The van der Waals surface area contributed by atoms with Gasteiger partial charge in [0.2, 0.25) is 0 Å². The summed E-state index contributed by atoms with van der Waals surface area (Å²) in [7, 11) is -4.55. The number of phosphoric acid groups is 1. The van der Waals surface area contributed by atoms with Crippen LogP contribution in [-0.2, 0) is 14.1 Å². The predicted octanol–water partition coefficient (Wildman–Crippen LogP) is 1.95. The Morgan fingerprint density at radius 2 is 1.94 bits per heavy atom. The summed E-state index contributed by atoms with van der Waals surface area (Å²) >= 11 is 0. The molecule has 0 radical (unpaired) electrons. The van der Waals surface area contributed by atoms with Crippen LogP contribution >= 0.6 is 7.82 Å². The molecule has 1 aromatic carbocycles. The van der Waals surface area contributed by atoms with Gasteiger partial charge < -0.3 is 9.26 Å². The Hall–Kier alpha value is -1.62. The Labute approximate surface area is 104 Å². The number of carbonyl (C=O) groups is 1. The molecule has 7 heteroatoms. The molecule has 1 atom stereocenters. The first-order valence-electron chi connectivity index (χ1n) is 5.00. The monoisotopic (exact) mass is 272 g/mol. The third-order valence-corrected chi connectivity index (χ3v) is 2.48. The van der Waals surface area contributed by atoms with Crippen LogP contribution in [0.25, 0.3) is 0 Å². The maximum absolute atomic E-state index is 11.0. The Morgan fingerprint density at radius 3 is 2.39 bits per heavy atom. The highest BCUT2D eigenvalue weighted by Gasteiger charge is 2.16. The summed E-state index contributed by atoms with van der Waals surface area (Å²) in [4.78, 5) is 28.2. The van der Waals surface area contributed by atoms with Crippen LogP contribution < -0.4 is 4.52 Å². The molecule has 2 N–H and O–H groups in total. The lowest BCUT2D eigenvalue weighted by atomic mass is 10.1. The Bertz CT molecular complexity index is 475. The van der Waals surface area contributed by atoms with Gasteiger partial charge in [0, 0.05) is 6.08 Å². The Kier molecular flexibility index (Phi) is 4.67. The normalized spacial score (nSPS) is 12.6. The van der Waals surface area contributed by atoms with Gasteiger partial charge in [0.15, 0.2) is 0 Å². The maximum Gasteiger partial charge on any atom is 0.524 e. The molecule has 0 spiro atoms. The summed E-state index contributed by atoms with van der Waals surface area (Å²) in [6.07, 6.45) is 0.571. The van der Waals surface area contributed by atoms with Crippen LogP contribution in [0.4, 0.5) is 0 Å². The van der Waals surface area contributed by atoms with Crippen LogP contribution in [0.2, 0.25) is 0 Å². The van der Waals surface area contributed by atoms with Gasteiger partial charge in [-0.15, -0.1) is 0 Å². The molecule has 0 aromatic heterocycles. The van der Waals surface area contributed by atoms with Crippen molar-refractivity contribution in [1.29, 1.82) is 0 Å². The zero-order valence-electron chi connectivity index (χ0n) is 9.65. The van der Waals surface area contributed by atoms with Crippen LogP contribution in [0, 0.1) is 0 Å². The van der Waals surface area contributed by atoms with E-state index in [9.17, 15) is 9.36 Å². The van der Waals surface area contributed by atoms with E-state index in [0.717, 1.165) is 6.08 Å². The third kappa shape index (κ3) is 4.71. The molecule has 1 rings (SSSR count). The number of hydrogen-bond acceptors (Lipinski definition) is 4. The van der Waals surface area contributed by atoms with Gasteiger partial charge in [-0.1, -0.05) is 18.7 Å². The van der Waals surface area contributed by atoms with Crippen molar-refractivity contribution in [2.45, 2.75) is 13.0 Å². The van der Waals surface area contributed by atoms with Crippen molar-refractivity contribution in [2.24, 2.45) is 0 Å². The second-order valence-electron chi connectivity index (χ2n) is 3.43. The van der Waals surface area contributed by atoms with E-state index in [1.54, 1.807) is 19.1 Å². The first-order valence-corrected chi connectivity index (χ1v) is 6.53. The molecule has 0 saturated carbocycles. The Balaban J connectivity index is 2.73. The van der Waals surface area contributed by atoms with Gasteiger partial charge in [0.05, 0.1) is 0 Å². The van der Waals surface area contributed by atoms with E-state index in [1.165, 1.54) is 12.1 Å². The van der Waals surface area contributed by atoms with Gasteiger partial charge in [0.25, 0.3) is 0 Å². The number of rotatable bonds is 5. The van der Waals surface area contributed by atoms with Crippen molar-refractivity contribution in [2.75, 3.05) is 0 Å². The third-order valence-electron chi connectivity index (χ3n) is 2.03. The van der Waals surface area contributed by atoms with E-state index in [-0.39, 0.29) is 5.75 Å². The highest BCUT2D eigenvalue weighted by molar-refractivity contribution is 7.46. The van der Waals surface area contributed by atoms with E-state index in [1.807, 2.05) is 0 Å². The summed E-state index contributed by atoms with van der Waals surface area (Å²) in [5.41, 5.74) is 0.670. The fourth-order valence-corrected chi connectivity index (χ4v) is 1.62. The lowest BCUT2D eigenvalue weighted by Crippen LogP contribution is -2.05. The van der Waals surface area contributed by atoms with Gasteiger partial charge in [-0.25, -0.2) is 9.36 Å². The molecular formula is C11H13O6P. The van der Waals surface area contributed by atoms with Gasteiger partial charge >= 0.3 is 13.8 Å². The number of benzene rings is 1. The highest BCUT2D eigenvalue weighted by Crippen LogP contribution is 2.37. The van der Waals surface area contributed by atoms with E-state index in [2.05, 4.69) is 11.1 Å².